The van der Waals surface area contributed by atoms with Gasteiger partial charge >= 0.3 is 0 Å². The van der Waals surface area contributed by atoms with Crippen molar-refractivity contribution in [2.75, 3.05) is 5.32 Å². The maximum Gasteiger partial charge on any atom is 0.291 e. The molecule has 0 atom stereocenters. The third-order valence-electron chi connectivity index (χ3n) is 4.23. The van der Waals surface area contributed by atoms with Gasteiger partial charge in [-0.05, 0) is 55.0 Å². The van der Waals surface area contributed by atoms with Crippen molar-refractivity contribution in [1.82, 2.24) is 4.90 Å². The van der Waals surface area contributed by atoms with E-state index in [1.54, 1.807) is 47.8 Å². The number of hydrogen-bond acceptors (Lipinski definition) is 6. The van der Waals surface area contributed by atoms with E-state index in [1.807, 2.05) is 19.1 Å². The average molecular weight is 410 g/mol. The van der Waals surface area contributed by atoms with Gasteiger partial charge in [0.1, 0.15) is 11.5 Å². The van der Waals surface area contributed by atoms with Gasteiger partial charge < -0.3 is 23.5 Å². The van der Waals surface area contributed by atoms with Gasteiger partial charge in [0.05, 0.1) is 41.8 Å². The minimum atomic E-state index is -0.363. The minimum Gasteiger partial charge on any atom is -0.467 e. The summed E-state index contributed by atoms with van der Waals surface area (Å²) in [4.78, 5) is 27.7. The van der Waals surface area contributed by atoms with Crippen molar-refractivity contribution in [3.63, 3.8) is 0 Å². The maximum atomic E-state index is 13.3. The third-order valence-corrected chi connectivity index (χ3v) is 5.38. The molecule has 1 N–H and O–H groups in total. The van der Waals surface area contributed by atoms with Gasteiger partial charge in [-0.2, -0.15) is 0 Å². The van der Waals surface area contributed by atoms with Crippen molar-refractivity contribution in [2.45, 2.75) is 20.0 Å². The highest BCUT2D eigenvalue weighted by molar-refractivity contribution is 7.18. The zero-order chi connectivity index (χ0) is 20.2. The van der Waals surface area contributed by atoms with Crippen LogP contribution in [0.25, 0.3) is 0 Å². The molecule has 0 spiro atoms. The molecular weight excluding hydrogens is 392 g/mol. The predicted molar refractivity (Wildman–Crippen MR) is 107 cm³/mol. The monoisotopic (exact) mass is 410 g/mol. The van der Waals surface area contributed by atoms with E-state index in [-0.39, 0.29) is 17.6 Å². The topological polar surface area (TPSA) is 88.8 Å². The first kappa shape index (κ1) is 18.8. The lowest BCUT2D eigenvalue weighted by Crippen LogP contribution is -2.29. The molecule has 0 aliphatic rings. The Bertz CT molecular complexity index is 1040. The Morgan fingerprint density at radius 3 is 2.14 bits per heavy atom. The Morgan fingerprint density at radius 2 is 1.59 bits per heavy atom. The van der Waals surface area contributed by atoms with E-state index in [2.05, 4.69) is 5.32 Å². The second-order valence-corrected chi connectivity index (χ2v) is 7.43. The minimum absolute atomic E-state index is 0.168. The summed E-state index contributed by atoms with van der Waals surface area (Å²) in [6, 6.07) is 12.2. The van der Waals surface area contributed by atoms with Crippen LogP contribution >= 0.6 is 11.3 Å². The summed E-state index contributed by atoms with van der Waals surface area (Å²) >= 11 is 1.22. The number of rotatable bonds is 7. The first-order valence-electron chi connectivity index (χ1n) is 8.89. The summed E-state index contributed by atoms with van der Waals surface area (Å²) in [5.74, 6) is 1.02. The van der Waals surface area contributed by atoms with Crippen molar-refractivity contribution in [2.24, 2.45) is 0 Å². The molecule has 7 nitrogen and oxygen atoms in total. The molecule has 2 amide bonds. The molecule has 0 radical (unpaired) electrons. The van der Waals surface area contributed by atoms with Gasteiger partial charge in [0.15, 0.2) is 5.76 Å². The van der Waals surface area contributed by atoms with Crippen LogP contribution in [0.4, 0.5) is 5.00 Å². The number of nitrogens with one attached hydrogen (secondary N) is 1. The first-order valence-corrected chi connectivity index (χ1v) is 9.71. The number of carbonyl (C=O) groups is 2. The summed E-state index contributed by atoms with van der Waals surface area (Å²) in [6.07, 6.45) is 4.58. The molecule has 29 heavy (non-hydrogen) atoms. The molecule has 4 rings (SSSR count). The van der Waals surface area contributed by atoms with Crippen LogP contribution in [0.5, 0.6) is 0 Å². The SMILES string of the molecule is Cc1cc(NC(=O)c2ccco2)sc1C(=O)N(Cc1ccco1)Cc1ccco1. The van der Waals surface area contributed by atoms with Gasteiger partial charge in [0.25, 0.3) is 11.8 Å². The van der Waals surface area contributed by atoms with Gasteiger partial charge in [-0.15, -0.1) is 11.3 Å². The smallest absolute Gasteiger partial charge is 0.291 e. The normalized spacial score (nSPS) is 10.8. The molecule has 8 heteroatoms. The number of hydrogen-bond donors (Lipinski definition) is 1. The van der Waals surface area contributed by atoms with Crippen LogP contribution < -0.4 is 5.32 Å². The highest BCUT2D eigenvalue weighted by atomic mass is 32.1. The quantitative estimate of drug-likeness (QED) is 0.467. The van der Waals surface area contributed by atoms with E-state index in [1.165, 1.54) is 17.6 Å². The average Bonchev–Trinajstić information content (AvgIpc) is 3.49. The number of furan rings is 3. The van der Waals surface area contributed by atoms with E-state index in [0.29, 0.717) is 34.5 Å². The second kappa shape index (κ2) is 8.24. The molecule has 0 saturated carbocycles. The van der Waals surface area contributed by atoms with Crippen LogP contribution in [0, 0.1) is 6.92 Å². The molecule has 0 aliphatic heterocycles. The molecule has 0 saturated heterocycles. The fourth-order valence-electron chi connectivity index (χ4n) is 2.86. The standard InChI is InChI=1S/C21H18N2O5S/c1-14-11-18(22-20(24)17-7-4-10-28-17)29-19(14)21(25)23(12-15-5-2-8-26-15)13-16-6-3-9-27-16/h2-11H,12-13H2,1H3,(H,22,24). The molecule has 0 unspecified atom stereocenters. The summed E-state index contributed by atoms with van der Waals surface area (Å²) in [7, 11) is 0. The first-order chi connectivity index (χ1) is 14.1. The maximum absolute atomic E-state index is 13.3. The zero-order valence-corrected chi connectivity index (χ0v) is 16.4. The van der Waals surface area contributed by atoms with Crippen molar-refractivity contribution in [3.8, 4) is 0 Å². The van der Waals surface area contributed by atoms with Crippen molar-refractivity contribution < 1.29 is 22.8 Å². The Labute approximate surface area is 170 Å². The molecule has 0 aromatic carbocycles. The van der Waals surface area contributed by atoms with E-state index in [4.69, 9.17) is 13.3 Å². The fourth-order valence-corrected chi connectivity index (χ4v) is 3.90. The number of thiophene rings is 1. The fraction of sp³-hybridized carbons (Fsp3) is 0.143. The zero-order valence-electron chi connectivity index (χ0n) is 15.6. The lowest BCUT2D eigenvalue weighted by atomic mass is 10.2. The number of anilines is 1. The van der Waals surface area contributed by atoms with Gasteiger partial charge in [-0.3, -0.25) is 9.59 Å². The molecule has 4 aromatic rings. The predicted octanol–water partition coefficient (Wildman–Crippen LogP) is 4.93. The lowest BCUT2D eigenvalue weighted by molar-refractivity contribution is 0.0709. The summed E-state index contributed by atoms with van der Waals surface area (Å²) in [5.41, 5.74) is 0.777. The van der Waals surface area contributed by atoms with Gasteiger partial charge in [-0.1, -0.05) is 0 Å². The molecule has 4 aromatic heterocycles. The Morgan fingerprint density at radius 1 is 0.966 bits per heavy atom. The van der Waals surface area contributed by atoms with Gasteiger partial charge in [0.2, 0.25) is 0 Å². The Balaban J connectivity index is 1.55. The van der Waals surface area contributed by atoms with Crippen LogP contribution in [-0.2, 0) is 13.1 Å². The second-order valence-electron chi connectivity index (χ2n) is 6.37. The lowest BCUT2D eigenvalue weighted by Gasteiger charge is -2.20. The molecular formula is C21H18N2O5S. The third kappa shape index (κ3) is 4.33. The van der Waals surface area contributed by atoms with Crippen LogP contribution in [0.15, 0.2) is 74.5 Å². The van der Waals surface area contributed by atoms with E-state index >= 15 is 0 Å². The van der Waals surface area contributed by atoms with Crippen LogP contribution in [0.3, 0.4) is 0 Å². The van der Waals surface area contributed by atoms with Crippen LogP contribution in [0.1, 0.15) is 37.3 Å². The van der Waals surface area contributed by atoms with Gasteiger partial charge in [0, 0.05) is 0 Å². The van der Waals surface area contributed by atoms with Crippen molar-refractivity contribution in [3.05, 3.63) is 89.0 Å². The largest absolute Gasteiger partial charge is 0.467 e. The number of carbonyl (C=O) groups excluding carboxylic acids is 2. The molecule has 0 bridgehead atoms. The molecule has 0 aliphatic carbocycles. The van der Waals surface area contributed by atoms with Crippen molar-refractivity contribution in [1.29, 1.82) is 0 Å². The van der Waals surface area contributed by atoms with Crippen LogP contribution in [0.2, 0.25) is 0 Å². The van der Waals surface area contributed by atoms with E-state index in [0.717, 1.165) is 5.56 Å². The van der Waals surface area contributed by atoms with Gasteiger partial charge in [-0.25, -0.2) is 0 Å². The summed E-state index contributed by atoms with van der Waals surface area (Å²) in [5, 5.41) is 3.34. The Hall–Kier alpha value is -3.52. The summed E-state index contributed by atoms with van der Waals surface area (Å²) < 4.78 is 15.9. The molecule has 0 fully saturated rings. The van der Waals surface area contributed by atoms with Crippen LogP contribution in [-0.4, -0.2) is 16.7 Å². The summed E-state index contributed by atoms with van der Waals surface area (Å²) in [6.45, 7) is 2.44. The van der Waals surface area contributed by atoms with E-state index < -0.39 is 0 Å². The Kier molecular flexibility index (Phi) is 5.35. The highest BCUT2D eigenvalue weighted by Crippen LogP contribution is 2.29. The highest BCUT2D eigenvalue weighted by Gasteiger charge is 2.23. The number of aryl methyl sites for hydroxylation is 1. The number of nitrogens with zero attached hydrogens (tertiary/aromatic N) is 1. The molecule has 148 valence electrons. The van der Waals surface area contributed by atoms with Crippen molar-refractivity contribution >= 4 is 28.2 Å². The molecule has 4 heterocycles. The number of amides is 2. The van der Waals surface area contributed by atoms with E-state index in [9.17, 15) is 9.59 Å².